The summed E-state index contributed by atoms with van der Waals surface area (Å²) in [5.74, 6) is -0.917. The Balaban J connectivity index is 2.82. The summed E-state index contributed by atoms with van der Waals surface area (Å²) in [6.07, 6.45) is 1.67. The van der Waals surface area contributed by atoms with Gasteiger partial charge in [-0.2, -0.15) is 0 Å². The summed E-state index contributed by atoms with van der Waals surface area (Å²) < 4.78 is 0. The van der Waals surface area contributed by atoms with E-state index >= 15 is 0 Å². The van der Waals surface area contributed by atoms with Gasteiger partial charge in [0.1, 0.15) is 0 Å². The zero-order valence-corrected chi connectivity index (χ0v) is 12.2. The van der Waals surface area contributed by atoms with E-state index in [1.807, 2.05) is 13.8 Å². The van der Waals surface area contributed by atoms with Crippen LogP contribution >= 0.6 is 0 Å². The van der Waals surface area contributed by atoms with Gasteiger partial charge in [-0.1, -0.05) is 32.0 Å². The van der Waals surface area contributed by atoms with Crippen LogP contribution in [0.1, 0.15) is 32.3 Å². The van der Waals surface area contributed by atoms with E-state index in [0.29, 0.717) is 11.3 Å². The van der Waals surface area contributed by atoms with Gasteiger partial charge in [-0.15, -0.1) is 0 Å². The molecule has 1 rings (SSSR count). The standard InChI is InChI=1S/C15H22N2O3/c1-4-12(5-2)17(3)15(20)16-13-9-7-6-8-11(13)10-14(18)19/h6-9,12H,4-5,10H2,1-3H3,(H,16,20)(H,18,19). The van der Waals surface area contributed by atoms with Crippen LogP contribution < -0.4 is 5.32 Å². The van der Waals surface area contributed by atoms with E-state index in [2.05, 4.69) is 5.32 Å². The number of aliphatic carboxylic acids is 1. The number of carboxylic acid groups (broad SMARTS) is 1. The van der Waals surface area contributed by atoms with Crippen LogP contribution in [0, 0.1) is 0 Å². The molecule has 0 aliphatic carbocycles. The zero-order chi connectivity index (χ0) is 15.1. The summed E-state index contributed by atoms with van der Waals surface area (Å²) in [5.41, 5.74) is 1.16. The van der Waals surface area contributed by atoms with Crippen LogP contribution in [0.2, 0.25) is 0 Å². The quantitative estimate of drug-likeness (QED) is 0.840. The van der Waals surface area contributed by atoms with Crippen molar-refractivity contribution in [3.05, 3.63) is 29.8 Å². The van der Waals surface area contributed by atoms with Gasteiger partial charge in [0.2, 0.25) is 0 Å². The highest BCUT2D eigenvalue weighted by molar-refractivity contribution is 5.91. The molecule has 20 heavy (non-hydrogen) atoms. The number of amides is 2. The smallest absolute Gasteiger partial charge is 0.321 e. The molecule has 5 nitrogen and oxygen atoms in total. The molecule has 0 bridgehead atoms. The molecular formula is C15H22N2O3. The first kappa shape index (κ1) is 16.0. The molecule has 0 aliphatic heterocycles. The second-order valence-corrected chi connectivity index (χ2v) is 4.74. The molecule has 110 valence electrons. The number of carbonyl (C=O) groups excluding carboxylic acids is 1. The Morgan fingerprint density at radius 1 is 1.25 bits per heavy atom. The van der Waals surface area contributed by atoms with Crippen LogP contribution in [-0.2, 0) is 11.2 Å². The Kier molecular flexibility index (Phi) is 6.03. The van der Waals surface area contributed by atoms with E-state index in [9.17, 15) is 9.59 Å². The van der Waals surface area contributed by atoms with Gasteiger partial charge in [-0.25, -0.2) is 4.79 Å². The first-order valence-electron chi connectivity index (χ1n) is 6.83. The minimum atomic E-state index is -0.917. The Bertz CT molecular complexity index is 470. The molecule has 2 N–H and O–H groups in total. The van der Waals surface area contributed by atoms with Gasteiger partial charge in [-0.3, -0.25) is 4.79 Å². The van der Waals surface area contributed by atoms with Crippen molar-refractivity contribution >= 4 is 17.7 Å². The van der Waals surface area contributed by atoms with Crippen LogP contribution in [0.5, 0.6) is 0 Å². The Labute approximate surface area is 119 Å². The molecule has 0 saturated heterocycles. The van der Waals surface area contributed by atoms with Crippen molar-refractivity contribution in [2.75, 3.05) is 12.4 Å². The average Bonchev–Trinajstić information content (AvgIpc) is 2.41. The third kappa shape index (κ3) is 4.26. The molecule has 0 unspecified atom stereocenters. The molecule has 0 atom stereocenters. The van der Waals surface area contributed by atoms with E-state index in [4.69, 9.17) is 5.11 Å². The Morgan fingerprint density at radius 2 is 1.85 bits per heavy atom. The van der Waals surface area contributed by atoms with Crippen LogP contribution in [0.25, 0.3) is 0 Å². The van der Waals surface area contributed by atoms with Crippen LogP contribution in [0.4, 0.5) is 10.5 Å². The van der Waals surface area contributed by atoms with Gasteiger partial charge < -0.3 is 15.3 Å². The highest BCUT2D eigenvalue weighted by atomic mass is 16.4. The lowest BCUT2D eigenvalue weighted by molar-refractivity contribution is -0.136. The van der Waals surface area contributed by atoms with E-state index < -0.39 is 5.97 Å². The number of para-hydroxylation sites is 1. The van der Waals surface area contributed by atoms with Crippen molar-refractivity contribution in [1.29, 1.82) is 0 Å². The Hall–Kier alpha value is -2.04. The average molecular weight is 278 g/mol. The maximum atomic E-state index is 12.2. The molecular weight excluding hydrogens is 256 g/mol. The fraction of sp³-hybridized carbons (Fsp3) is 0.467. The topological polar surface area (TPSA) is 69.6 Å². The van der Waals surface area contributed by atoms with Gasteiger partial charge in [0.05, 0.1) is 6.42 Å². The maximum Gasteiger partial charge on any atom is 0.321 e. The molecule has 0 aromatic heterocycles. The van der Waals surface area contributed by atoms with Gasteiger partial charge in [0, 0.05) is 18.8 Å². The summed E-state index contributed by atoms with van der Waals surface area (Å²) in [7, 11) is 1.76. The maximum absolute atomic E-state index is 12.2. The number of rotatable bonds is 6. The van der Waals surface area contributed by atoms with Crippen LogP contribution in [0.3, 0.4) is 0 Å². The number of hydrogen-bond acceptors (Lipinski definition) is 2. The van der Waals surface area contributed by atoms with Crippen molar-refractivity contribution < 1.29 is 14.7 Å². The van der Waals surface area contributed by atoms with Crippen LogP contribution in [0.15, 0.2) is 24.3 Å². The highest BCUT2D eigenvalue weighted by Gasteiger charge is 2.17. The number of urea groups is 1. The summed E-state index contributed by atoms with van der Waals surface area (Å²) in [6.45, 7) is 4.08. The molecule has 0 heterocycles. The SMILES string of the molecule is CCC(CC)N(C)C(=O)Nc1ccccc1CC(=O)O. The summed E-state index contributed by atoms with van der Waals surface area (Å²) in [5, 5.41) is 11.7. The summed E-state index contributed by atoms with van der Waals surface area (Å²) >= 11 is 0. The fourth-order valence-corrected chi connectivity index (χ4v) is 2.16. The van der Waals surface area contributed by atoms with Crippen molar-refractivity contribution in [2.45, 2.75) is 39.2 Å². The lowest BCUT2D eigenvalue weighted by Crippen LogP contribution is -2.39. The van der Waals surface area contributed by atoms with Gasteiger partial charge >= 0.3 is 12.0 Å². The first-order valence-corrected chi connectivity index (χ1v) is 6.83. The number of carboxylic acids is 1. The van der Waals surface area contributed by atoms with Gasteiger partial charge in [-0.05, 0) is 24.5 Å². The highest BCUT2D eigenvalue weighted by Crippen LogP contribution is 2.17. The van der Waals surface area contributed by atoms with Gasteiger partial charge in [0.15, 0.2) is 0 Å². The molecule has 0 radical (unpaired) electrons. The van der Waals surface area contributed by atoms with E-state index in [-0.39, 0.29) is 18.5 Å². The molecule has 0 spiro atoms. The Morgan fingerprint density at radius 3 is 2.40 bits per heavy atom. The second kappa shape index (κ2) is 7.53. The monoisotopic (exact) mass is 278 g/mol. The van der Waals surface area contributed by atoms with Gasteiger partial charge in [0.25, 0.3) is 0 Å². The van der Waals surface area contributed by atoms with E-state index in [0.717, 1.165) is 12.8 Å². The second-order valence-electron chi connectivity index (χ2n) is 4.74. The predicted octanol–water partition coefficient (Wildman–Crippen LogP) is 2.97. The van der Waals surface area contributed by atoms with Crippen molar-refractivity contribution in [2.24, 2.45) is 0 Å². The molecule has 1 aromatic carbocycles. The normalized spacial score (nSPS) is 10.4. The summed E-state index contributed by atoms with van der Waals surface area (Å²) in [6, 6.07) is 6.94. The largest absolute Gasteiger partial charge is 0.481 e. The van der Waals surface area contributed by atoms with Crippen molar-refractivity contribution in [1.82, 2.24) is 4.90 Å². The number of benzene rings is 1. The number of anilines is 1. The van der Waals surface area contributed by atoms with Crippen molar-refractivity contribution in [3.8, 4) is 0 Å². The lowest BCUT2D eigenvalue weighted by Gasteiger charge is -2.26. The van der Waals surface area contributed by atoms with E-state index in [1.165, 1.54) is 0 Å². The number of hydrogen-bond donors (Lipinski definition) is 2. The fourth-order valence-electron chi connectivity index (χ4n) is 2.16. The molecule has 0 saturated carbocycles. The number of nitrogens with zero attached hydrogens (tertiary/aromatic N) is 1. The molecule has 5 heteroatoms. The lowest BCUT2D eigenvalue weighted by atomic mass is 10.1. The summed E-state index contributed by atoms with van der Waals surface area (Å²) in [4.78, 5) is 24.7. The number of nitrogens with one attached hydrogen (secondary N) is 1. The molecule has 1 aromatic rings. The molecule has 0 fully saturated rings. The van der Waals surface area contributed by atoms with Crippen LogP contribution in [-0.4, -0.2) is 35.1 Å². The first-order chi connectivity index (χ1) is 9.49. The minimum Gasteiger partial charge on any atom is -0.481 e. The number of carbonyl (C=O) groups is 2. The van der Waals surface area contributed by atoms with Crippen molar-refractivity contribution in [3.63, 3.8) is 0 Å². The third-order valence-electron chi connectivity index (χ3n) is 3.41. The van der Waals surface area contributed by atoms with E-state index in [1.54, 1.807) is 36.2 Å². The third-order valence-corrected chi connectivity index (χ3v) is 3.41. The molecule has 2 amide bonds. The molecule has 0 aliphatic rings. The minimum absolute atomic E-state index is 0.106. The predicted molar refractivity (Wildman–Crippen MR) is 78.9 cm³/mol. The zero-order valence-electron chi connectivity index (χ0n) is 12.2.